The molecule has 120 valence electrons. The van der Waals surface area contributed by atoms with E-state index in [1.54, 1.807) is 17.0 Å². The third kappa shape index (κ3) is 3.15. The molecule has 1 N–H and O–H groups in total. The van der Waals surface area contributed by atoms with Gasteiger partial charge in [0, 0.05) is 23.5 Å². The number of nitrogens with zero attached hydrogens (tertiary/aromatic N) is 2. The van der Waals surface area contributed by atoms with E-state index < -0.39 is 5.97 Å². The molecular weight excluding hydrogens is 316 g/mol. The zero-order chi connectivity index (χ0) is 16.6. The molecule has 0 radical (unpaired) electrons. The van der Waals surface area contributed by atoms with E-state index in [9.17, 15) is 9.59 Å². The number of rotatable bonds is 2. The smallest absolute Gasteiger partial charge is 0.306 e. The summed E-state index contributed by atoms with van der Waals surface area (Å²) in [5, 5.41) is 10.5. The molecule has 1 fully saturated rings. The highest BCUT2D eigenvalue weighted by Crippen LogP contribution is 2.24. The lowest BCUT2D eigenvalue weighted by atomic mass is 9.96. The molecule has 23 heavy (non-hydrogen) atoms. The number of amides is 1. The third-order valence-corrected chi connectivity index (χ3v) is 4.56. The summed E-state index contributed by atoms with van der Waals surface area (Å²) >= 11 is 6.01. The number of halogens is 1. The Kier molecular flexibility index (Phi) is 4.22. The van der Waals surface area contributed by atoms with Gasteiger partial charge in [0.25, 0.3) is 5.91 Å². The summed E-state index contributed by atoms with van der Waals surface area (Å²) in [6.45, 7) is 2.73. The Bertz CT molecular complexity index is 783. The molecule has 3 rings (SSSR count). The average molecular weight is 333 g/mol. The number of fused-ring (bicyclic) bond motifs is 1. The van der Waals surface area contributed by atoms with Crippen molar-refractivity contribution in [3.05, 3.63) is 40.5 Å². The number of aryl methyl sites for hydroxylation is 1. The second kappa shape index (κ2) is 6.16. The molecule has 5 nitrogen and oxygen atoms in total. The van der Waals surface area contributed by atoms with Crippen LogP contribution in [0.25, 0.3) is 10.9 Å². The zero-order valence-electron chi connectivity index (χ0n) is 12.8. The molecule has 6 heteroatoms. The maximum atomic E-state index is 12.7. The van der Waals surface area contributed by atoms with Crippen molar-refractivity contribution in [2.45, 2.75) is 19.8 Å². The van der Waals surface area contributed by atoms with E-state index in [-0.39, 0.29) is 11.8 Å². The molecule has 1 saturated heterocycles. The van der Waals surface area contributed by atoms with E-state index in [4.69, 9.17) is 16.7 Å². The van der Waals surface area contributed by atoms with Crippen molar-refractivity contribution < 1.29 is 14.7 Å². The van der Waals surface area contributed by atoms with Gasteiger partial charge < -0.3 is 10.0 Å². The predicted molar refractivity (Wildman–Crippen MR) is 87.8 cm³/mol. The quantitative estimate of drug-likeness (QED) is 0.917. The van der Waals surface area contributed by atoms with Crippen LogP contribution in [0.15, 0.2) is 24.3 Å². The number of carboxylic acids is 1. The number of hydrogen-bond donors (Lipinski definition) is 1. The molecule has 0 atom stereocenters. The Morgan fingerprint density at radius 3 is 2.61 bits per heavy atom. The summed E-state index contributed by atoms with van der Waals surface area (Å²) in [6.07, 6.45) is 0.986. The zero-order valence-corrected chi connectivity index (χ0v) is 13.5. The first-order valence-electron chi connectivity index (χ1n) is 7.54. The van der Waals surface area contributed by atoms with E-state index >= 15 is 0 Å². The van der Waals surface area contributed by atoms with Crippen LogP contribution in [0, 0.1) is 12.8 Å². The number of benzene rings is 1. The van der Waals surface area contributed by atoms with E-state index in [0.717, 1.165) is 10.9 Å². The van der Waals surface area contributed by atoms with Crippen LogP contribution < -0.4 is 0 Å². The van der Waals surface area contributed by atoms with Gasteiger partial charge in [0.1, 0.15) is 0 Å². The summed E-state index contributed by atoms with van der Waals surface area (Å²) in [4.78, 5) is 29.9. The molecule has 0 unspecified atom stereocenters. The highest BCUT2D eigenvalue weighted by atomic mass is 35.5. The Morgan fingerprint density at radius 2 is 1.96 bits per heavy atom. The van der Waals surface area contributed by atoms with Crippen LogP contribution in [0.2, 0.25) is 5.02 Å². The molecule has 0 spiro atoms. The van der Waals surface area contributed by atoms with Gasteiger partial charge in [0.05, 0.1) is 22.7 Å². The topological polar surface area (TPSA) is 70.5 Å². The number of likely N-dealkylation sites (tertiary alicyclic amines) is 1. The molecule has 0 aliphatic carbocycles. The largest absolute Gasteiger partial charge is 0.481 e. The maximum Gasteiger partial charge on any atom is 0.306 e. The number of carboxylic acid groups (broad SMARTS) is 1. The van der Waals surface area contributed by atoms with Crippen molar-refractivity contribution in [3.63, 3.8) is 0 Å². The van der Waals surface area contributed by atoms with Crippen LogP contribution in [-0.4, -0.2) is 40.0 Å². The number of hydrogen-bond acceptors (Lipinski definition) is 3. The number of carbonyl (C=O) groups excluding carboxylic acids is 1. The van der Waals surface area contributed by atoms with Gasteiger partial charge in [0.2, 0.25) is 0 Å². The molecule has 1 amide bonds. The number of carbonyl (C=O) groups is 2. The average Bonchev–Trinajstić information content (AvgIpc) is 2.54. The standard InChI is InChI=1S/C17H17ClN2O3/c1-10-14(9-12-8-13(18)2-3-15(12)19-10)16(21)20-6-4-11(5-7-20)17(22)23/h2-3,8-9,11H,4-7H2,1H3,(H,22,23). The van der Waals surface area contributed by atoms with Crippen molar-refractivity contribution in [3.8, 4) is 0 Å². The van der Waals surface area contributed by atoms with Crippen molar-refractivity contribution in [2.75, 3.05) is 13.1 Å². The maximum absolute atomic E-state index is 12.7. The van der Waals surface area contributed by atoms with Crippen LogP contribution in [-0.2, 0) is 4.79 Å². The normalized spacial score (nSPS) is 15.8. The fourth-order valence-corrected chi connectivity index (χ4v) is 3.14. The fourth-order valence-electron chi connectivity index (χ4n) is 2.96. The minimum absolute atomic E-state index is 0.0966. The van der Waals surface area contributed by atoms with Gasteiger partial charge in [-0.3, -0.25) is 14.6 Å². The second-order valence-electron chi connectivity index (χ2n) is 5.86. The van der Waals surface area contributed by atoms with Crippen molar-refractivity contribution in [1.29, 1.82) is 0 Å². The first-order chi connectivity index (χ1) is 11.0. The predicted octanol–water partition coefficient (Wildman–Crippen LogP) is 3.13. The fraction of sp³-hybridized carbons (Fsp3) is 0.353. The number of pyridine rings is 1. The summed E-state index contributed by atoms with van der Waals surface area (Å²) < 4.78 is 0. The van der Waals surface area contributed by atoms with Gasteiger partial charge in [-0.05, 0) is 44.0 Å². The van der Waals surface area contributed by atoms with Gasteiger partial charge in [-0.1, -0.05) is 11.6 Å². The molecule has 2 heterocycles. The molecule has 1 aromatic carbocycles. The first-order valence-corrected chi connectivity index (χ1v) is 7.92. The Morgan fingerprint density at radius 1 is 1.26 bits per heavy atom. The minimum atomic E-state index is -0.782. The van der Waals surface area contributed by atoms with Gasteiger partial charge in [-0.15, -0.1) is 0 Å². The summed E-state index contributed by atoms with van der Waals surface area (Å²) in [5.74, 6) is -1.23. The van der Waals surface area contributed by atoms with E-state index in [1.165, 1.54) is 0 Å². The Hall–Kier alpha value is -2.14. The van der Waals surface area contributed by atoms with Crippen LogP contribution >= 0.6 is 11.6 Å². The molecule has 0 bridgehead atoms. The highest BCUT2D eigenvalue weighted by Gasteiger charge is 2.28. The van der Waals surface area contributed by atoms with Crippen molar-refractivity contribution in [1.82, 2.24) is 9.88 Å². The number of aliphatic carboxylic acids is 1. The van der Waals surface area contributed by atoms with Gasteiger partial charge in [-0.2, -0.15) is 0 Å². The highest BCUT2D eigenvalue weighted by molar-refractivity contribution is 6.31. The Labute approximate surface area is 138 Å². The van der Waals surface area contributed by atoms with Crippen LogP contribution in [0.4, 0.5) is 0 Å². The van der Waals surface area contributed by atoms with Crippen LogP contribution in [0.1, 0.15) is 28.9 Å². The van der Waals surface area contributed by atoms with Gasteiger partial charge in [0.15, 0.2) is 0 Å². The third-order valence-electron chi connectivity index (χ3n) is 4.33. The van der Waals surface area contributed by atoms with E-state index in [2.05, 4.69) is 4.98 Å². The molecule has 0 saturated carbocycles. The van der Waals surface area contributed by atoms with E-state index in [0.29, 0.717) is 42.2 Å². The second-order valence-corrected chi connectivity index (χ2v) is 6.30. The minimum Gasteiger partial charge on any atom is -0.481 e. The lowest BCUT2D eigenvalue weighted by Crippen LogP contribution is -2.40. The Balaban J connectivity index is 1.86. The van der Waals surface area contributed by atoms with Crippen LogP contribution in [0.3, 0.4) is 0 Å². The van der Waals surface area contributed by atoms with Crippen LogP contribution in [0.5, 0.6) is 0 Å². The SMILES string of the molecule is Cc1nc2ccc(Cl)cc2cc1C(=O)N1CCC(C(=O)O)CC1. The lowest BCUT2D eigenvalue weighted by molar-refractivity contribution is -0.143. The van der Waals surface area contributed by atoms with Gasteiger partial charge >= 0.3 is 5.97 Å². The van der Waals surface area contributed by atoms with Crippen molar-refractivity contribution >= 4 is 34.4 Å². The molecular formula is C17H17ClN2O3. The number of aromatic nitrogens is 1. The summed E-state index contributed by atoms with van der Waals surface area (Å²) in [6, 6.07) is 7.21. The lowest BCUT2D eigenvalue weighted by Gasteiger charge is -2.30. The molecule has 1 aromatic heterocycles. The molecule has 2 aromatic rings. The van der Waals surface area contributed by atoms with Crippen molar-refractivity contribution in [2.24, 2.45) is 5.92 Å². The first kappa shape index (κ1) is 15.7. The molecule has 1 aliphatic heterocycles. The van der Waals surface area contributed by atoms with Gasteiger partial charge in [-0.25, -0.2) is 0 Å². The molecule has 1 aliphatic rings. The summed E-state index contributed by atoms with van der Waals surface area (Å²) in [5.41, 5.74) is 2.02. The van der Waals surface area contributed by atoms with E-state index in [1.807, 2.05) is 19.1 Å². The summed E-state index contributed by atoms with van der Waals surface area (Å²) in [7, 11) is 0. The number of piperidine rings is 1. The monoisotopic (exact) mass is 332 g/mol.